The summed E-state index contributed by atoms with van der Waals surface area (Å²) in [6.45, 7) is 5.67. The first-order valence-corrected chi connectivity index (χ1v) is 4.90. The van der Waals surface area contributed by atoms with Gasteiger partial charge in [-0.25, -0.2) is 0 Å². The van der Waals surface area contributed by atoms with Gasteiger partial charge in [-0.2, -0.15) is 0 Å². The first-order valence-electron chi connectivity index (χ1n) is 4.52. The Kier molecular flexibility index (Phi) is 4.14. The number of benzene rings is 1. The zero-order valence-electron chi connectivity index (χ0n) is 8.26. The monoisotopic (exact) mass is 210 g/mol. The summed E-state index contributed by atoms with van der Waals surface area (Å²) in [5.41, 5.74) is 4.95. The van der Waals surface area contributed by atoms with Crippen LogP contribution in [0.25, 0.3) is 0 Å². The third kappa shape index (κ3) is 2.58. The molecule has 1 atom stereocenters. The van der Waals surface area contributed by atoms with Gasteiger partial charge in [-0.05, 0) is 30.5 Å². The van der Waals surface area contributed by atoms with Crippen LogP contribution in [0.1, 0.15) is 23.6 Å². The molecule has 0 aliphatic carbocycles. The minimum absolute atomic E-state index is 0.114. The lowest BCUT2D eigenvalue weighted by Gasteiger charge is -2.15. The summed E-state index contributed by atoms with van der Waals surface area (Å²) in [5, 5.41) is 0.781. The molecule has 0 spiro atoms. The molecule has 0 heterocycles. The van der Waals surface area contributed by atoms with Crippen molar-refractivity contribution < 1.29 is 0 Å². The largest absolute Gasteiger partial charge is 0.271 e. The van der Waals surface area contributed by atoms with E-state index in [1.54, 1.807) is 0 Å². The van der Waals surface area contributed by atoms with Crippen molar-refractivity contribution in [1.29, 1.82) is 0 Å². The molecule has 0 radical (unpaired) electrons. The minimum Gasteiger partial charge on any atom is -0.271 e. The Morgan fingerprint density at radius 3 is 2.86 bits per heavy atom. The van der Waals surface area contributed by atoms with Gasteiger partial charge in [0.2, 0.25) is 0 Å². The fourth-order valence-corrected chi connectivity index (χ4v) is 1.47. The molecule has 14 heavy (non-hydrogen) atoms. The molecule has 0 amide bonds. The van der Waals surface area contributed by atoms with Gasteiger partial charge >= 0.3 is 0 Å². The van der Waals surface area contributed by atoms with Crippen molar-refractivity contribution in [2.24, 2.45) is 5.84 Å². The number of hydrogen-bond acceptors (Lipinski definition) is 2. The molecule has 0 saturated heterocycles. The van der Waals surface area contributed by atoms with E-state index in [4.69, 9.17) is 17.4 Å². The zero-order valence-corrected chi connectivity index (χ0v) is 9.01. The van der Waals surface area contributed by atoms with Gasteiger partial charge in [0, 0.05) is 11.1 Å². The summed E-state index contributed by atoms with van der Waals surface area (Å²) in [7, 11) is 0. The fourth-order valence-electron chi connectivity index (χ4n) is 1.35. The van der Waals surface area contributed by atoms with Gasteiger partial charge in [0.15, 0.2) is 0 Å². The van der Waals surface area contributed by atoms with Crippen molar-refractivity contribution in [2.45, 2.75) is 19.4 Å². The van der Waals surface area contributed by atoms with Crippen LogP contribution in [0.4, 0.5) is 0 Å². The third-order valence-electron chi connectivity index (χ3n) is 2.19. The average molecular weight is 211 g/mol. The minimum atomic E-state index is 0.114. The quantitative estimate of drug-likeness (QED) is 0.456. The number of aryl methyl sites for hydroxylation is 1. The summed E-state index contributed by atoms with van der Waals surface area (Å²) in [4.78, 5) is 0. The zero-order chi connectivity index (χ0) is 10.6. The molecule has 3 N–H and O–H groups in total. The third-order valence-corrected chi connectivity index (χ3v) is 2.61. The van der Waals surface area contributed by atoms with Gasteiger partial charge in [0.1, 0.15) is 0 Å². The first kappa shape index (κ1) is 11.2. The number of halogens is 1. The van der Waals surface area contributed by atoms with Crippen molar-refractivity contribution in [3.63, 3.8) is 0 Å². The molecule has 1 unspecified atom stereocenters. The first-order chi connectivity index (χ1) is 6.69. The highest BCUT2D eigenvalue weighted by Crippen LogP contribution is 2.22. The highest BCUT2D eigenvalue weighted by atomic mass is 35.5. The van der Waals surface area contributed by atoms with Gasteiger partial charge in [0.05, 0.1) is 0 Å². The van der Waals surface area contributed by atoms with E-state index >= 15 is 0 Å². The van der Waals surface area contributed by atoms with Crippen LogP contribution in [0, 0.1) is 6.92 Å². The van der Waals surface area contributed by atoms with Crippen molar-refractivity contribution in [1.82, 2.24) is 5.43 Å². The standard InChI is InChI=1S/C11H15ClN2/c1-3-4-11(14-13)9-5-6-10(12)8(2)7-9/h3,5-7,11,14H,1,4,13H2,2H3. The molecule has 0 aromatic heterocycles. The van der Waals surface area contributed by atoms with Crippen molar-refractivity contribution >= 4 is 11.6 Å². The molecule has 0 fully saturated rings. The second-order valence-electron chi connectivity index (χ2n) is 3.25. The molecular formula is C11H15ClN2. The van der Waals surface area contributed by atoms with Crippen molar-refractivity contribution in [3.8, 4) is 0 Å². The Morgan fingerprint density at radius 1 is 1.64 bits per heavy atom. The second kappa shape index (κ2) is 5.15. The molecule has 76 valence electrons. The lowest BCUT2D eigenvalue weighted by molar-refractivity contribution is 0.561. The molecular weight excluding hydrogens is 196 g/mol. The van der Waals surface area contributed by atoms with E-state index in [0.717, 1.165) is 22.6 Å². The maximum atomic E-state index is 5.93. The van der Waals surface area contributed by atoms with E-state index in [-0.39, 0.29) is 6.04 Å². The molecule has 0 aliphatic rings. The van der Waals surface area contributed by atoms with Crippen LogP contribution < -0.4 is 11.3 Å². The maximum absolute atomic E-state index is 5.93. The highest BCUT2D eigenvalue weighted by Gasteiger charge is 2.08. The maximum Gasteiger partial charge on any atom is 0.0494 e. The molecule has 0 aliphatic heterocycles. The number of nitrogens with two attached hydrogens (primary N) is 1. The molecule has 1 aromatic rings. The van der Waals surface area contributed by atoms with E-state index in [1.807, 2.05) is 31.2 Å². The number of rotatable bonds is 4. The smallest absolute Gasteiger partial charge is 0.0494 e. The van der Waals surface area contributed by atoms with E-state index < -0.39 is 0 Å². The highest BCUT2D eigenvalue weighted by molar-refractivity contribution is 6.31. The number of nitrogens with one attached hydrogen (secondary N) is 1. The lowest BCUT2D eigenvalue weighted by atomic mass is 10.0. The summed E-state index contributed by atoms with van der Waals surface area (Å²) in [5.74, 6) is 5.45. The van der Waals surface area contributed by atoms with Gasteiger partial charge in [0.25, 0.3) is 0 Å². The molecule has 1 aromatic carbocycles. The molecule has 2 nitrogen and oxygen atoms in total. The van der Waals surface area contributed by atoms with Crippen LogP contribution in [0.15, 0.2) is 30.9 Å². The Hall–Kier alpha value is -0.830. The lowest BCUT2D eigenvalue weighted by Crippen LogP contribution is -2.27. The summed E-state index contributed by atoms with van der Waals surface area (Å²) in [6, 6.07) is 6.02. The van der Waals surface area contributed by atoms with Crippen LogP contribution in [0.3, 0.4) is 0 Å². The Balaban J connectivity index is 2.93. The predicted molar refractivity (Wildman–Crippen MR) is 61.1 cm³/mol. The Bertz CT molecular complexity index is 323. The fraction of sp³-hybridized carbons (Fsp3) is 0.273. The summed E-state index contributed by atoms with van der Waals surface area (Å²) < 4.78 is 0. The molecule has 0 saturated carbocycles. The van der Waals surface area contributed by atoms with Gasteiger partial charge < -0.3 is 0 Å². The van der Waals surface area contributed by atoms with E-state index in [0.29, 0.717) is 0 Å². The van der Waals surface area contributed by atoms with Crippen LogP contribution in [0.5, 0.6) is 0 Å². The molecule has 0 bridgehead atoms. The van der Waals surface area contributed by atoms with Crippen molar-refractivity contribution in [2.75, 3.05) is 0 Å². The summed E-state index contributed by atoms with van der Waals surface area (Å²) >= 11 is 5.93. The Morgan fingerprint density at radius 2 is 2.36 bits per heavy atom. The normalized spacial score (nSPS) is 12.5. The predicted octanol–water partition coefficient (Wildman–Crippen LogP) is 2.73. The molecule has 3 heteroatoms. The van der Waals surface area contributed by atoms with Crippen molar-refractivity contribution in [3.05, 3.63) is 47.0 Å². The second-order valence-corrected chi connectivity index (χ2v) is 3.66. The topological polar surface area (TPSA) is 38.0 Å². The SMILES string of the molecule is C=CCC(NN)c1ccc(Cl)c(C)c1. The van der Waals surface area contributed by atoms with E-state index in [1.165, 1.54) is 0 Å². The van der Waals surface area contributed by atoms with Gasteiger partial charge in [-0.15, -0.1) is 6.58 Å². The summed E-state index contributed by atoms with van der Waals surface area (Å²) in [6.07, 6.45) is 2.64. The molecule has 1 rings (SSSR count). The number of hydrazine groups is 1. The van der Waals surface area contributed by atoms with Crippen LogP contribution in [0.2, 0.25) is 5.02 Å². The van der Waals surface area contributed by atoms with Crippen LogP contribution in [-0.2, 0) is 0 Å². The average Bonchev–Trinajstić information content (AvgIpc) is 2.19. The van der Waals surface area contributed by atoms with Gasteiger partial charge in [-0.3, -0.25) is 11.3 Å². The Labute approximate surface area is 89.7 Å². The number of hydrogen-bond donors (Lipinski definition) is 2. The van der Waals surface area contributed by atoms with E-state index in [2.05, 4.69) is 12.0 Å². The van der Waals surface area contributed by atoms with Gasteiger partial charge in [-0.1, -0.05) is 29.8 Å². The van der Waals surface area contributed by atoms with Crippen LogP contribution in [-0.4, -0.2) is 0 Å². The van der Waals surface area contributed by atoms with Crippen LogP contribution >= 0.6 is 11.6 Å². The van der Waals surface area contributed by atoms with E-state index in [9.17, 15) is 0 Å².